The Balaban J connectivity index is 1.27. The highest BCUT2D eigenvalue weighted by Gasteiger charge is 2.20. The van der Waals surface area contributed by atoms with Crippen LogP contribution >= 0.6 is 11.7 Å². The van der Waals surface area contributed by atoms with Gasteiger partial charge in [-0.25, -0.2) is 9.97 Å². The smallest absolute Gasteiger partial charge is 0.145 e. The first-order valence-corrected chi connectivity index (χ1v) is 15.2. The van der Waals surface area contributed by atoms with Crippen molar-refractivity contribution in [2.75, 3.05) is 0 Å². The zero-order chi connectivity index (χ0) is 29.0. The van der Waals surface area contributed by atoms with E-state index in [-0.39, 0.29) is 0 Å². The van der Waals surface area contributed by atoms with E-state index in [1.54, 1.807) is 0 Å². The summed E-state index contributed by atoms with van der Waals surface area (Å²) in [6, 6.07) is 48.3. The fraction of sp³-hybridized carbons (Fsp3) is 0. The normalized spacial score (nSPS) is 11.6. The van der Waals surface area contributed by atoms with Gasteiger partial charge in [-0.05, 0) is 42.0 Å². The lowest BCUT2D eigenvalue weighted by atomic mass is 9.94. The molecular weight excluding hydrogens is 559 g/mol. The van der Waals surface area contributed by atoms with Gasteiger partial charge in [-0.2, -0.15) is 8.75 Å². The third kappa shape index (κ3) is 3.85. The molecule has 0 aliphatic heterocycles. The van der Waals surface area contributed by atoms with Gasteiger partial charge in [0, 0.05) is 38.5 Å². The number of aromatic nitrogens is 5. The summed E-state index contributed by atoms with van der Waals surface area (Å²) < 4.78 is 11.9. The van der Waals surface area contributed by atoms with Crippen LogP contribution in [0.4, 0.5) is 0 Å². The van der Waals surface area contributed by atoms with Crippen LogP contribution in [0.2, 0.25) is 0 Å². The maximum absolute atomic E-state index is 5.16. The van der Waals surface area contributed by atoms with Crippen LogP contribution in [0.1, 0.15) is 0 Å². The van der Waals surface area contributed by atoms with Gasteiger partial charge in [-0.3, -0.25) is 4.57 Å². The summed E-state index contributed by atoms with van der Waals surface area (Å²) in [6.07, 6.45) is 0. The van der Waals surface area contributed by atoms with Crippen molar-refractivity contribution >= 4 is 55.5 Å². The Labute approximate surface area is 257 Å². The zero-order valence-corrected chi connectivity index (χ0v) is 24.2. The fourth-order valence-corrected chi connectivity index (χ4v) is 6.83. The van der Waals surface area contributed by atoms with Crippen LogP contribution in [-0.4, -0.2) is 23.3 Å². The lowest BCUT2D eigenvalue weighted by Gasteiger charge is -2.14. The second-order valence-corrected chi connectivity index (χ2v) is 11.4. The number of hydrogen-bond donors (Lipinski definition) is 0. The van der Waals surface area contributed by atoms with Gasteiger partial charge in [0.05, 0.1) is 34.0 Å². The summed E-state index contributed by atoms with van der Waals surface area (Å²) in [5, 5.41) is 3.25. The number of pyridine rings is 1. The molecule has 5 nitrogen and oxygen atoms in total. The van der Waals surface area contributed by atoms with Gasteiger partial charge in [0.2, 0.25) is 0 Å². The van der Waals surface area contributed by atoms with Crippen molar-refractivity contribution in [3.63, 3.8) is 0 Å². The lowest BCUT2D eigenvalue weighted by molar-refractivity contribution is 1.10. The van der Waals surface area contributed by atoms with Crippen LogP contribution in [0.3, 0.4) is 0 Å². The molecule has 0 bridgehead atoms. The van der Waals surface area contributed by atoms with Gasteiger partial charge in [-0.1, -0.05) is 103 Å². The van der Waals surface area contributed by atoms with E-state index in [0.29, 0.717) is 0 Å². The predicted octanol–water partition coefficient (Wildman–Crippen LogP) is 9.73. The van der Waals surface area contributed by atoms with Crippen LogP contribution in [0.5, 0.6) is 0 Å². The van der Waals surface area contributed by atoms with Crippen molar-refractivity contribution < 1.29 is 0 Å². The average molecular weight is 582 g/mol. The summed E-state index contributed by atoms with van der Waals surface area (Å²) in [4.78, 5) is 10.2. The monoisotopic (exact) mass is 581 g/mol. The van der Waals surface area contributed by atoms with Gasteiger partial charge in [0.1, 0.15) is 16.9 Å². The number of benzene rings is 6. The molecule has 0 saturated carbocycles. The molecular formula is C38H23N5S. The predicted molar refractivity (Wildman–Crippen MR) is 181 cm³/mol. The van der Waals surface area contributed by atoms with Gasteiger partial charge in [0.25, 0.3) is 0 Å². The largest absolute Gasteiger partial charge is 0.292 e. The van der Waals surface area contributed by atoms with Crippen LogP contribution in [0, 0.1) is 0 Å². The van der Waals surface area contributed by atoms with Crippen LogP contribution in [-0.2, 0) is 0 Å². The van der Waals surface area contributed by atoms with E-state index in [0.717, 1.165) is 83.2 Å². The minimum Gasteiger partial charge on any atom is -0.292 e. The average Bonchev–Trinajstić information content (AvgIpc) is 3.74. The summed E-state index contributed by atoms with van der Waals surface area (Å²) in [5.41, 5.74) is 11.1. The van der Waals surface area contributed by atoms with Crippen molar-refractivity contribution in [1.82, 2.24) is 23.3 Å². The molecule has 6 aromatic carbocycles. The van der Waals surface area contributed by atoms with E-state index in [1.807, 2.05) is 24.3 Å². The molecule has 0 aliphatic rings. The first-order valence-electron chi connectivity index (χ1n) is 14.5. The first-order chi connectivity index (χ1) is 21.8. The number of rotatable bonds is 4. The maximum atomic E-state index is 5.16. The minimum absolute atomic E-state index is 0.906. The molecule has 0 atom stereocenters. The molecule has 206 valence electrons. The molecule has 0 amide bonds. The topological polar surface area (TPSA) is 56.5 Å². The van der Waals surface area contributed by atoms with Gasteiger partial charge < -0.3 is 0 Å². The molecule has 0 spiro atoms. The Morgan fingerprint density at radius 1 is 0.500 bits per heavy atom. The molecule has 9 rings (SSSR count). The van der Waals surface area contributed by atoms with Gasteiger partial charge in [-0.15, -0.1) is 0 Å². The standard InChI is InChI=1S/C38H23N5S/c1-3-11-25(12-4-1)35-30-23-29(36-37(42-44-41-36)34(30)28-15-7-8-16-31(28)39-35)24-19-21-27(22-20-24)43-33-18-10-9-17-32(33)40-38(43)26-13-5-2-6-14-26/h1-23H. The molecule has 3 aromatic heterocycles. The third-order valence-electron chi connectivity index (χ3n) is 8.28. The van der Waals surface area contributed by atoms with E-state index in [2.05, 4.69) is 120 Å². The number of hydrogen-bond acceptors (Lipinski definition) is 5. The summed E-state index contributed by atoms with van der Waals surface area (Å²) >= 11 is 1.26. The molecule has 44 heavy (non-hydrogen) atoms. The Hall–Kier alpha value is -5.72. The van der Waals surface area contributed by atoms with Crippen molar-refractivity contribution in [2.45, 2.75) is 0 Å². The van der Waals surface area contributed by atoms with Crippen molar-refractivity contribution in [2.24, 2.45) is 0 Å². The Morgan fingerprint density at radius 2 is 1.16 bits per heavy atom. The van der Waals surface area contributed by atoms with Crippen LogP contribution in [0.25, 0.3) is 83.2 Å². The first kappa shape index (κ1) is 24.8. The molecule has 0 saturated heterocycles. The molecule has 9 aromatic rings. The van der Waals surface area contributed by atoms with Crippen molar-refractivity contribution in [1.29, 1.82) is 0 Å². The summed E-state index contributed by atoms with van der Waals surface area (Å²) in [5.74, 6) is 0.918. The molecule has 0 unspecified atom stereocenters. The molecule has 6 heteroatoms. The number of para-hydroxylation sites is 3. The number of fused-ring (bicyclic) bond motifs is 6. The molecule has 0 radical (unpaired) electrons. The van der Waals surface area contributed by atoms with E-state index in [4.69, 9.17) is 18.7 Å². The van der Waals surface area contributed by atoms with Crippen LogP contribution < -0.4 is 0 Å². The van der Waals surface area contributed by atoms with E-state index >= 15 is 0 Å². The molecule has 3 heterocycles. The third-order valence-corrected chi connectivity index (χ3v) is 8.80. The van der Waals surface area contributed by atoms with Crippen molar-refractivity contribution in [3.05, 3.63) is 140 Å². The van der Waals surface area contributed by atoms with Gasteiger partial charge in [0.15, 0.2) is 0 Å². The van der Waals surface area contributed by atoms with Crippen LogP contribution in [0.15, 0.2) is 140 Å². The number of nitrogens with zero attached hydrogens (tertiary/aromatic N) is 5. The zero-order valence-electron chi connectivity index (χ0n) is 23.4. The second kappa shape index (κ2) is 9.93. The maximum Gasteiger partial charge on any atom is 0.145 e. The van der Waals surface area contributed by atoms with Crippen molar-refractivity contribution in [3.8, 4) is 39.5 Å². The Bertz CT molecular complexity index is 2480. The summed E-state index contributed by atoms with van der Waals surface area (Å²) in [6.45, 7) is 0. The van der Waals surface area contributed by atoms with E-state index in [9.17, 15) is 0 Å². The summed E-state index contributed by atoms with van der Waals surface area (Å²) in [7, 11) is 0. The highest BCUT2D eigenvalue weighted by molar-refractivity contribution is 7.00. The quantitative estimate of drug-likeness (QED) is 0.194. The number of imidazole rings is 1. The van der Waals surface area contributed by atoms with Gasteiger partial charge >= 0.3 is 0 Å². The Morgan fingerprint density at radius 3 is 1.95 bits per heavy atom. The highest BCUT2D eigenvalue weighted by atomic mass is 32.1. The highest BCUT2D eigenvalue weighted by Crippen LogP contribution is 2.41. The lowest BCUT2D eigenvalue weighted by Crippen LogP contribution is -1.97. The molecule has 0 aliphatic carbocycles. The van der Waals surface area contributed by atoms with E-state index in [1.165, 1.54) is 11.7 Å². The Kier molecular flexibility index (Phi) is 5.61. The molecule has 0 fully saturated rings. The fourth-order valence-electron chi connectivity index (χ4n) is 6.26. The molecule has 0 N–H and O–H groups in total. The second-order valence-electron chi connectivity index (χ2n) is 10.8. The minimum atomic E-state index is 0.906. The van der Waals surface area contributed by atoms with E-state index < -0.39 is 0 Å². The SMILES string of the molecule is c1ccc(-c2nc3ccccc3c3c2cc(-c2ccc(-n4c(-c5ccccc5)nc5ccccc54)cc2)c2nsnc23)cc1.